The van der Waals surface area contributed by atoms with Crippen molar-refractivity contribution in [3.05, 3.63) is 70.6 Å². The van der Waals surface area contributed by atoms with Gasteiger partial charge in [0.1, 0.15) is 0 Å². The molecule has 0 saturated carbocycles. The van der Waals surface area contributed by atoms with Gasteiger partial charge in [0.25, 0.3) is 0 Å². The predicted octanol–water partition coefficient (Wildman–Crippen LogP) is 6.91. The van der Waals surface area contributed by atoms with Crippen LogP contribution < -0.4 is 0 Å². The molecule has 0 amide bonds. The van der Waals surface area contributed by atoms with Crippen molar-refractivity contribution in [2.75, 3.05) is 20.1 Å². The molecule has 1 aliphatic rings. The summed E-state index contributed by atoms with van der Waals surface area (Å²) in [5, 5.41) is 0. The zero-order chi connectivity index (χ0) is 21.3. The molecule has 1 saturated heterocycles. The quantitative estimate of drug-likeness (QED) is 0.400. The highest BCUT2D eigenvalue weighted by molar-refractivity contribution is 5.54. The van der Waals surface area contributed by atoms with E-state index in [0.29, 0.717) is 5.92 Å². The Morgan fingerprint density at radius 3 is 2.77 bits per heavy atom. The van der Waals surface area contributed by atoms with E-state index < -0.39 is 0 Å². The van der Waals surface area contributed by atoms with E-state index in [2.05, 4.69) is 80.2 Å². The van der Waals surface area contributed by atoms with E-state index in [0.717, 1.165) is 25.2 Å². The third-order valence-electron chi connectivity index (χ3n) is 6.78. The fourth-order valence-electron chi connectivity index (χ4n) is 4.83. The summed E-state index contributed by atoms with van der Waals surface area (Å²) in [6.07, 6.45) is 12.8. The molecule has 1 fully saturated rings. The molecule has 2 aromatic rings. The molecule has 0 aliphatic carbocycles. The molecule has 2 atom stereocenters. The van der Waals surface area contributed by atoms with Crippen LogP contribution in [0.4, 0.5) is 0 Å². The molecule has 2 heteroatoms. The molecule has 3 rings (SSSR count). The van der Waals surface area contributed by atoms with Gasteiger partial charge in [-0.2, -0.15) is 0 Å². The lowest BCUT2D eigenvalue weighted by Crippen LogP contribution is -2.13. The number of likely N-dealkylation sites (N-methyl/N-ethyl adjacent to an activating group) is 1. The maximum absolute atomic E-state index is 4.67. The molecule has 2 unspecified atom stereocenters. The van der Waals surface area contributed by atoms with Crippen LogP contribution in [0.2, 0.25) is 0 Å². The van der Waals surface area contributed by atoms with Gasteiger partial charge in [-0.1, -0.05) is 68.7 Å². The summed E-state index contributed by atoms with van der Waals surface area (Å²) >= 11 is 0. The standard InChI is InChI=1S/C28H40N2/c1-5-22(3)18-25-15-11-17-29-28(25)16-9-7-8-13-26-20-30(4)21-27(26)24-14-10-12-23(6-2)19-24/h10-12,14-15,17-19,26-27H,5-9,13,16,20-21H2,1-4H3/b22-18+. The molecule has 2 nitrogen and oxygen atoms in total. The Morgan fingerprint density at radius 2 is 1.97 bits per heavy atom. The topological polar surface area (TPSA) is 16.1 Å². The number of nitrogens with zero attached hydrogens (tertiary/aromatic N) is 2. The second-order valence-electron chi connectivity index (χ2n) is 9.17. The molecule has 1 aromatic carbocycles. The van der Waals surface area contributed by atoms with Gasteiger partial charge in [-0.3, -0.25) is 4.98 Å². The smallest absolute Gasteiger partial charge is 0.0475 e. The van der Waals surface area contributed by atoms with E-state index in [1.165, 1.54) is 61.2 Å². The number of benzene rings is 1. The molecule has 1 aliphatic heterocycles. The molecule has 162 valence electrons. The first-order chi connectivity index (χ1) is 14.6. The number of unbranched alkanes of at least 4 members (excludes halogenated alkanes) is 2. The highest BCUT2D eigenvalue weighted by Gasteiger charge is 2.31. The highest BCUT2D eigenvalue weighted by Crippen LogP contribution is 2.35. The van der Waals surface area contributed by atoms with Crippen molar-refractivity contribution in [2.45, 2.75) is 71.6 Å². The van der Waals surface area contributed by atoms with Gasteiger partial charge in [0.15, 0.2) is 0 Å². The summed E-state index contributed by atoms with van der Waals surface area (Å²) in [5.74, 6) is 1.49. The number of hydrogen-bond acceptors (Lipinski definition) is 2. The van der Waals surface area contributed by atoms with Gasteiger partial charge >= 0.3 is 0 Å². The van der Waals surface area contributed by atoms with Crippen molar-refractivity contribution >= 4 is 6.08 Å². The summed E-state index contributed by atoms with van der Waals surface area (Å²) in [7, 11) is 2.28. The summed E-state index contributed by atoms with van der Waals surface area (Å²) < 4.78 is 0. The minimum Gasteiger partial charge on any atom is -0.305 e. The molecular formula is C28H40N2. The van der Waals surface area contributed by atoms with Crippen LogP contribution in [0.5, 0.6) is 0 Å². The maximum atomic E-state index is 4.67. The fraction of sp³-hybridized carbons (Fsp3) is 0.536. The number of rotatable bonds is 10. The summed E-state index contributed by atoms with van der Waals surface area (Å²) in [6, 6.07) is 13.6. The average molecular weight is 405 g/mol. The van der Waals surface area contributed by atoms with Crippen LogP contribution in [-0.4, -0.2) is 30.0 Å². The molecule has 0 radical (unpaired) electrons. The Kier molecular flexibility index (Phi) is 8.69. The van der Waals surface area contributed by atoms with Gasteiger partial charge in [0.05, 0.1) is 0 Å². The van der Waals surface area contributed by atoms with Crippen molar-refractivity contribution in [2.24, 2.45) is 5.92 Å². The normalized spacial score (nSPS) is 20.1. The van der Waals surface area contributed by atoms with Gasteiger partial charge in [0, 0.05) is 30.9 Å². The number of aromatic nitrogens is 1. The van der Waals surface area contributed by atoms with E-state index >= 15 is 0 Å². The summed E-state index contributed by atoms with van der Waals surface area (Å²) in [4.78, 5) is 7.19. The van der Waals surface area contributed by atoms with E-state index in [-0.39, 0.29) is 0 Å². The largest absolute Gasteiger partial charge is 0.305 e. The first-order valence-corrected chi connectivity index (χ1v) is 12.0. The van der Waals surface area contributed by atoms with Crippen LogP contribution >= 0.6 is 0 Å². The molecule has 0 spiro atoms. The fourth-order valence-corrected chi connectivity index (χ4v) is 4.83. The van der Waals surface area contributed by atoms with Crippen molar-refractivity contribution in [3.8, 4) is 0 Å². The number of hydrogen-bond donors (Lipinski definition) is 0. The third kappa shape index (κ3) is 6.28. The zero-order valence-electron chi connectivity index (χ0n) is 19.5. The number of allylic oxidation sites excluding steroid dienone is 1. The van der Waals surface area contributed by atoms with Gasteiger partial charge in [0.2, 0.25) is 0 Å². The summed E-state index contributed by atoms with van der Waals surface area (Å²) in [5.41, 5.74) is 7.03. The van der Waals surface area contributed by atoms with Gasteiger partial charge in [-0.25, -0.2) is 0 Å². The Hall–Kier alpha value is -1.93. The Bertz CT molecular complexity index is 823. The van der Waals surface area contributed by atoms with E-state index in [9.17, 15) is 0 Å². The first-order valence-electron chi connectivity index (χ1n) is 12.0. The van der Waals surface area contributed by atoms with Crippen molar-refractivity contribution < 1.29 is 0 Å². The lowest BCUT2D eigenvalue weighted by atomic mass is 9.84. The van der Waals surface area contributed by atoms with E-state index in [1.54, 1.807) is 5.56 Å². The lowest BCUT2D eigenvalue weighted by Gasteiger charge is -2.19. The molecule has 0 N–H and O–H groups in total. The minimum absolute atomic E-state index is 0.700. The third-order valence-corrected chi connectivity index (χ3v) is 6.78. The van der Waals surface area contributed by atoms with Crippen LogP contribution in [-0.2, 0) is 12.8 Å². The Labute approximate surface area is 184 Å². The molecule has 0 bridgehead atoms. The van der Waals surface area contributed by atoms with Crippen LogP contribution in [0.3, 0.4) is 0 Å². The molecule has 30 heavy (non-hydrogen) atoms. The maximum Gasteiger partial charge on any atom is 0.0475 e. The molecule has 2 heterocycles. The van der Waals surface area contributed by atoms with E-state index in [4.69, 9.17) is 0 Å². The van der Waals surface area contributed by atoms with Crippen LogP contribution in [0.25, 0.3) is 6.08 Å². The second kappa shape index (κ2) is 11.5. The summed E-state index contributed by atoms with van der Waals surface area (Å²) in [6.45, 7) is 9.13. The van der Waals surface area contributed by atoms with Gasteiger partial charge < -0.3 is 4.90 Å². The second-order valence-corrected chi connectivity index (χ2v) is 9.17. The van der Waals surface area contributed by atoms with Crippen molar-refractivity contribution in [3.63, 3.8) is 0 Å². The van der Waals surface area contributed by atoms with Gasteiger partial charge in [-0.05, 0) is 74.8 Å². The van der Waals surface area contributed by atoms with E-state index in [1.807, 2.05) is 6.20 Å². The van der Waals surface area contributed by atoms with Crippen LogP contribution in [0.15, 0.2) is 48.2 Å². The number of pyridine rings is 1. The SMILES string of the molecule is CC/C(C)=C/c1cccnc1CCCCCC1CN(C)CC1c1cccc(CC)c1. The zero-order valence-corrected chi connectivity index (χ0v) is 19.5. The number of aryl methyl sites for hydroxylation is 2. The van der Waals surface area contributed by atoms with Crippen LogP contribution in [0.1, 0.15) is 81.2 Å². The Morgan fingerprint density at radius 1 is 1.10 bits per heavy atom. The predicted molar refractivity (Wildman–Crippen MR) is 130 cm³/mol. The Balaban J connectivity index is 1.50. The van der Waals surface area contributed by atoms with Crippen molar-refractivity contribution in [1.29, 1.82) is 0 Å². The number of likely N-dealkylation sites (tertiary alicyclic amines) is 1. The minimum atomic E-state index is 0.700. The lowest BCUT2D eigenvalue weighted by molar-refractivity contribution is 0.382. The van der Waals surface area contributed by atoms with Gasteiger partial charge in [-0.15, -0.1) is 0 Å². The van der Waals surface area contributed by atoms with Crippen LogP contribution in [0, 0.1) is 5.92 Å². The highest BCUT2D eigenvalue weighted by atomic mass is 15.1. The molecular weight excluding hydrogens is 364 g/mol. The van der Waals surface area contributed by atoms with Crippen molar-refractivity contribution in [1.82, 2.24) is 9.88 Å². The monoisotopic (exact) mass is 404 g/mol. The average Bonchev–Trinajstić information content (AvgIpc) is 3.15. The first kappa shape index (κ1) is 22.7. The molecule has 1 aromatic heterocycles.